The van der Waals surface area contributed by atoms with Crippen molar-refractivity contribution in [2.24, 2.45) is 5.92 Å². The van der Waals surface area contributed by atoms with Gasteiger partial charge in [-0.1, -0.05) is 38.1 Å². The molecule has 0 aliphatic rings. The van der Waals surface area contributed by atoms with E-state index >= 15 is 0 Å². The minimum atomic E-state index is -3.55. The van der Waals surface area contributed by atoms with Gasteiger partial charge in [0.1, 0.15) is 5.25 Å². The van der Waals surface area contributed by atoms with Gasteiger partial charge >= 0.3 is 0 Å². The molecule has 1 heterocycles. The van der Waals surface area contributed by atoms with Crippen LogP contribution >= 0.6 is 11.3 Å². The van der Waals surface area contributed by atoms with Crippen LogP contribution in [0.2, 0.25) is 0 Å². The number of rotatable bonds is 7. The topological polar surface area (TPSA) is 63.2 Å². The number of benzene rings is 1. The molecule has 0 radical (unpaired) electrons. The lowest BCUT2D eigenvalue weighted by Gasteiger charge is -2.18. The molecular weight excluding hydrogens is 330 g/mol. The van der Waals surface area contributed by atoms with Crippen molar-refractivity contribution in [2.45, 2.75) is 30.4 Å². The fourth-order valence-corrected chi connectivity index (χ4v) is 5.07. The summed E-state index contributed by atoms with van der Waals surface area (Å²) in [5, 5.41) is 3.85. The van der Waals surface area contributed by atoms with Crippen molar-refractivity contribution in [2.75, 3.05) is 6.54 Å². The summed E-state index contributed by atoms with van der Waals surface area (Å²) < 4.78 is 25.8. The number of amides is 1. The zero-order valence-corrected chi connectivity index (χ0v) is 14.9. The minimum absolute atomic E-state index is 0.0866. The van der Waals surface area contributed by atoms with Gasteiger partial charge in [-0.15, -0.1) is 11.3 Å². The molecule has 1 atom stereocenters. The molecule has 1 N–H and O–H groups in total. The van der Waals surface area contributed by atoms with Crippen molar-refractivity contribution in [3.8, 4) is 0 Å². The molecule has 1 aromatic heterocycles. The number of carbonyl (C=O) groups excluding carboxylic acids is 1. The Hall–Kier alpha value is -1.66. The summed E-state index contributed by atoms with van der Waals surface area (Å²) in [5.41, 5.74) is 0. The van der Waals surface area contributed by atoms with E-state index < -0.39 is 15.1 Å². The molecule has 0 saturated carbocycles. The number of nitrogens with one attached hydrogen (secondary N) is 1. The van der Waals surface area contributed by atoms with Crippen LogP contribution in [-0.2, 0) is 14.6 Å². The standard InChI is InChI=1S/C17H21NO3S2/c1-13(2)11-17(19)18-12-16(15-9-6-10-22-15)23(20,21)14-7-4-3-5-8-14/h3-10,13,16H,11-12H2,1-2H3,(H,18,19). The van der Waals surface area contributed by atoms with Crippen molar-refractivity contribution < 1.29 is 13.2 Å². The van der Waals surface area contributed by atoms with Gasteiger partial charge in [-0.05, 0) is 29.5 Å². The van der Waals surface area contributed by atoms with Gasteiger partial charge in [0.05, 0.1) is 4.90 Å². The van der Waals surface area contributed by atoms with Gasteiger partial charge in [0, 0.05) is 17.8 Å². The number of hydrogen-bond acceptors (Lipinski definition) is 4. The fourth-order valence-electron chi connectivity index (χ4n) is 2.26. The maximum Gasteiger partial charge on any atom is 0.220 e. The maximum atomic E-state index is 12.9. The summed E-state index contributed by atoms with van der Waals surface area (Å²) in [6.45, 7) is 4.00. The smallest absolute Gasteiger partial charge is 0.220 e. The largest absolute Gasteiger partial charge is 0.354 e. The van der Waals surface area contributed by atoms with E-state index in [1.54, 1.807) is 36.4 Å². The van der Waals surface area contributed by atoms with Gasteiger partial charge < -0.3 is 5.32 Å². The molecule has 124 valence electrons. The Kier molecular flexibility index (Phi) is 5.96. The average Bonchev–Trinajstić information content (AvgIpc) is 3.01. The van der Waals surface area contributed by atoms with Gasteiger partial charge in [-0.25, -0.2) is 8.42 Å². The van der Waals surface area contributed by atoms with E-state index in [2.05, 4.69) is 5.32 Å². The van der Waals surface area contributed by atoms with Crippen LogP contribution in [0.4, 0.5) is 0 Å². The molecule has 0 aliphatic heterocycles. The Morgan fingerprint density at radius 3 is 2.39 bits per heavy atom. The van der Waals surface area contributed by atoms with Crippen LogP contribution in [0.3, 0.4) is 0 Å². The molecule has 0 bridgehead atoms. The summed E-state index contributed by atoms with van der Waals surface area (Å²) >= 11 is 1.39. The third kappa shape index (κ3) is 4.65. The van der Waals surface area contributed by atoms with Crippen molar-refractivity contribution in [3.05, 3.63) is 52.7 Å². The summed E-state index contributed by atoms with van der Waals surface area (Å²) in [6, 6.07) is 12.0. The molecular formula is C17H21NO3S2. The van der Waals surface area contributed by atoms with Gasteiger partial charge in [0.25, 0.3) is 0 Å². The van der Waals surface area contributed by atoms with Gasteiger partial charge in [-0.2, -0.15) is 0 Å². The zero-order chi connectivity index (χ0) is 16.9. The summed E-state index contributed by atoms with van der Waals surface area (Å²) in [6.07, 6.45) is 0.391. The van der Waals surface area contributed by atoms with Crippen LogP contribution in [0.25, 0.3) is 0 Å². The SMILES string of the molecule is CC(C)CC(=O)NCC(c1cccs1)S(=O)(=O)c1ccccc1. The second-order valence-electron chi connectivity index (χ2n) is 5.76. The van der Waals surface area contributed by atoms with Crippen LogP contribution in [0.1, 0.15) is 30.4 Å². The van der Waals surface area contributed by atoms with E-state index in [9.17, 15) is 13.2 Å². The maximum absolute atomic E-state index is 12.9. The van der Waals surface area contributed by atoms with E-state index in [0.717, 1.165) is 4.88 Å². The van der Waals surface area contributed by atoms with Gasteiger partial charge in [-0.3, -0.25) is 4.79 Å². The highest BCUT2D eigenvalue weighted by atomic mass is 32.2. The van der Waals surface area contributed by atoms with Gasteiger partial charge in [0.15, 0.2) is 9.84 Å². The Bertz CT molecular complexity index is 722. The predicted molar refractivity (Wildman–Crippen MR) is 93.2 cm³/mol. The highest BCUT2D eigenvalue weighted by molar-refractivity contribution is 7.91. The lowest BCUT2D eigenvalue weighted by molar-refractivity contribution is -0.121. The Morgan fingerprint density at radius 1 is 1.13 bits per heavy atom. The first-order valence-electron chi connectivity index (χ1n) is 7.50. The lowest BCUT2D eigenvalue weighted by atomic mass is 10.1. The number of thiophene rings is 1. The van der Waals surface area contributed by atoms with Gasteiger partial charge in [0.2, 0.25) is 5.91 Å². The molecule has 0 spiro atoms. The Morgan fingerprint density at radius 2 is 1.83 bits per heavy atom. The number of carbonyl (C=O) groups is 1. The fraction of sp³-hybridized carbons (Fsp3) is 0.353. The van der Waals surface area contributed by atoms with E-state index in [4.69, 9.17) is 0 Å². The molecule has 1 aromatic carbocycles. The number of sulfone groups is 1. The molecule has 2 aromatic rings. The summed E-state index contributed by atoms with van der Waals surface area (Å²) in [4.78, 5) is 12.9. The van der Waals surface area contributed by atoms with Crippen molar-refractivity contribution in [1.29, 1.82) is 0 Å². The quantitative estimate of drug-likeness (QED) is 0.831. The van der Waals surface area contributed by atoms with E-state index in [1.165, 1.54) is 11.3 Å². The molecule has 0 fully saturated rings. The zero-order valence-electron chi connectivity index (χ0n) is 13.2. The summed E-state index contributed by atoms with van der Waals surface area (Å²) in [5.74, 6) is 0.116. The first-order valence-corrected chi connectivity index (χ1v) is 9.93. The van der Waals surface area contributed by atoms with E-state index in [-0.39, 0.29) is 23.3 Å². The van der Waals surface area contributed by atoms with Crippen molar-refractivity contribution in [1.82, 2.24) is 5.32 Å². The van der Waals surface area contributed by atoms with E-state index in [0.29, 0.717) is 6.42 Å². The van der Waals surface area contributed by atoms with Crippen LogP contribution < -0.4 is 5.32 Å². The van der Waals surface area contributed by atoms with Crippen LogP contribution in [0, 0.1) is 5.92 Å². The molecule has 4 nitrogen and oxygen atoms in total. The first kappa shape index (κ1) is 17.7. The second kappa shape index (κ2) is 7.75. The minimum Gasteiger partial charge on any atom is -0.354 e. The molecule has 0 aliphatic carbocycles. The monoisotopic (exact) mass is 351 g/mol. The summed E-state index contributed by atoms with van der Waals surface area (Å²) in [7, 11) is -3.55. The normalized spacial score (nSPS) is 13.0. The number of hydrogen-bond donors (Lipinski definition) is 1. The van der Waals surface area contributed by atoms with Crippen molar-refractivity contribution in [3.63, 3.8) is 0 Å². The molecule has 1 amide bonds. The van der Waals surface area contributed by atoms with Crippen molar-refractivity contribution >= 4 is 27.1 Å². The Labute approximate surface area is 141 Å². The molecule has 23 heavy (non-hydrogen) atoms. The van der Waals surface area contributed by atoms with Crippen LogP contribution in [0.15, 0.2) is 52.7 Å². The third-order valence-corrected chi connectivity index (χ3v) is 6.62. The van der Waals surface area contributed by atoms with E-state index in [1.807, 2.05) is 25.3 Å². The highest BCUT2D eigenvalue weighted by Gasteiger charge is 2.30. The molecule has 6 heteroatoms. The highest BCUT2D eigenvalue weighted by Crippen LogP contribution is 2.31. The predicted octanol–water partition coefficient (Wildman–Crippen LogP) is 3.43. The molecule has 2 rings (SSSR count). The third-order valence-electron chi connectivity index (χ3n) is 3.39. The first-order chi connectivity index (χ1) is 10.9. The second-order valence-corrected chi connectivity index (χ2v) is 8.87. The lowest BCUT2D eigenvalue weighted by Crippen LogP contribution is -2.32. The Balaban J connectivity index is 2.24. The van der Waals surface area contributed by atoms with Crippen LogP contribution in [-0.4, -0.2) is 20.9 Å². The van der Waals surface area contributed by atoms with Crippen LogP contribution in [0.5, 0.6) is 0 Å². The molecule has 0 saturated heterocycles. The average molecular weight is 351 g/mol. The molecule has 1 unspecified atom stereocenters.